The summed E-state index contributed by atoms with van der Waals surface area (Å²) in [6.45, 7) is 0.952. The van der Waals surface area contributed by atoms with Crippen molar-refractivity contribution in [3.8, 4) is 11.5 Å². The molecule has 0 aliphatic carbocycles. The van der Waals surface area contributed by atoms with Gasteiger partial charge in [-0.2, -0.15) is 0 Å². The lowest BCUT2D eigenvalue weighted by molar-refractivity contribution is 0.102. The van der Waals surface area contributed by atoms with Crippen LogP contribution in [0.2, 0.25) is 5.02 Å². The highest BCUT2D eigenvalue weighted by Crippen LogP contribution is 2.32. The third kappa shape index (κ3) is 4.95. The van der Waals surface area contributed by atoms with Gasteiger partial charge in [0.1, 0.15) is 5.82 Å². The molecular formula is C22H18ClFN2O5S. The van der Waals surface area contributed by atoms with Gasteiger partial charge in [0.2, 0.25) is 0 Å². The minimum atomic E-state index is -3.87. The van der Waals surface area contributed by atoms with E-state index in [2.05, 4.69) is 10.0 Å². The van der Waals surface area contributed by atoms with Crippen molar-refractivity contribution in [3.05, 3.63) is 77.1 Å². The number of fused-ring (bicyclic) bond motifs is 1. The summed E-state index contributed by atoms with van der Waals surface area (Å²) in [5.74, 6) is -0.182. The van der Waals surface area contributed by atoms with Gasteiger partial charge in [0.25, 0.3) is 15.9 Å². The molecule has 0 fully saturated rings. The molecule has 0 radical (unpaired) electrons. The molecule has 10 heteroatoms. The van der Waals surface area contributed by atoms with Crippen LogP contribution in [0.5, 0.6) is 11.5 Å². The average molecular weight is 477 g/mol. The second kappa shape index (κ2) is 9.05. The fraction of sp³-hybridized carbons (Fsp3) is 0.136. The average Bonchev–Trinajstić information content (AvgIpc) is 3.00. The topological polar surface area (TPSA) is 93.7 Å². The summed E-state index contributed by atoms with van der Waals surface area (Å²) in [5, 5.41) is 2.61. The molecule has 0 aromatic heterocycles. The van der Waals surface area contributed by atoms with E-state index in [-0.39, 0.29) is 15.5 Å². The zero-order chi connectivity index (χ0) is 22.7. The molecule has 0 unspecified atom stereocenters. The maximum Gasteiger partial charge on any atom is 0.262 e. The summed E-state index contributed by atoms with van der Waals surface area (Å²) in [6, 6.07) is 14.0. The van der Waals surface area contributed by atoms with Crippen LogP contribution in [-0.4, -0.2) is 27.5 Å². The second-order valence-corrected chi connectivity index (χ2v) is 9.01. The van der Waals surface area contributed by atoms with Crippen LogP contribution in [0.4, 0.5) is 15.8 Å². The third-order valence-electron chi connectivity index (χ3n) is 4.60. The van der Waals surface area contributed by atoms with E-state index in [4.69, 9.17) is 21.1 Å². The van der Waals surface area contributed by atoms with Gasteiger partial charge in [0.15, 0.2) is 11.5 Å². The molecule has 2 N–H and O–H groups in total. The van der Waals surface area contributed by atoms with Crippen LogP contribution in [0, 0.1) is 5.82 Å². The van der Waals surface area contributed by atoms with E-state index in [9.17, 15) is 17.6 Å². The van der Waals surface area contributed by atoms with Crippen molar-refractivity contribution in [2.24, 2.45) is 0 Å². The van der Waals surface area contributed by atoms with Gasteiger partial charge in [-0.15, -0.1) is 0 Å². The maximum atomic E-state index is 13.2. The Balaban J connectivity index is 1.46. The van der Waals surface area contributed by atoms with Gasteiger partial charge in [-0.1, -0.05) is 11.6 Å². The molecule has 3 aromatic rings. The summed E-state index contributed by atoms with van der Waals surface area (Å²) in [5.41, 5.74) is 0.830. The summed E-state index contributed by atoms with van der Waals surface area (Å²) in [4.78, 5) is 12.4. The molecule has 1 aliphatic heterocycles. The molecule has 3 aromatic carbocycles. The Hall–Kier alpha value is -3.30. The number of nitrogens with one attached hydrogen (secondary N) is 2. The summed E-state index contributed by atoms with van der Waals surface area (Å²) in [7, 11) is -3.87. The third-order valence-corrected chi connectivity index (χ3v) is 6.29. The summed E-state index contributed by atoms with van der Waals surface area (Å²) >= 11 is 5.91. The van der Waals surface area contributed by atoms with E-state index < -0.39 is 21.7 Å². The fourth-order valence-corrected chi connectivity index (χ4v) is 4.35. The van der Waals surface area contributed by atoms with Gasteiger partial charge >= 0.3 is 0 Å². The molecule has 0 saturated heterocycles. The standard InChI is InChI=1S/C22H18ClFN2O5S/c23-19-12-14(24)2-8-18(19)22(27)25-15-3-5-16(6-4-15)26-32(28,29)17-7-9-20-21(13-17)31-11-1-10-30-20/h2-9,12-13,26H,1,10-11H2,(H,25,27). The van der Waals surface area contributed by atoms with Gasteiger partial charge in [0, 0.05) is 23.9 Å². The molecule has 1 amide bonds. The van der Waals surface area contributed by atoms with Gasteiger partial charge in [-0.25, -0.2) is 12.8 Å². The number of sulfonamides is 1. The van der Waals surface area contributed by atoms with E-state index in [1.807, 2.05) is 0 Å². The Bertz CT molecular complexity index is 1270. The van der Waals surface area contributed by atoms with Crippen LogP contribution < -0.4 is 19.5 Å². The molecule has 0 saturated carbocycles. The van der Waals surface area contributed by atoms with Crippen LogP contribution in [0.25, 0.3) is 0 Å². The molecule has 166 valence electrons. The SMILES string of the molecule is O=C(Nc1ccc(NS(=O)(=O)c2ccc3c(c2)OCCCO3)cc1)c1ccc(F)cc1Cl. The van der Waals surface area contributed by atoms with E-state index in [0.29, 0.717) is 42.5 Å². The minimum Gasteiger partial charge on any atom is -0.490 e. The number of halogens is 2. The van der Waals surface area contributed by atoms with Crippen LogP contribution in [0.15, 0.2) is 65.6 Å². The van der Waals surface area contributed by atoms with Crippen LogP contribution >= 0.6 is 11.6 Å². The van der Waals surface area contributed by atoms with Crippen LogP contribution in [0.3, 0.4) is 0 Å². The highest BCUT2D eigenvalue weighted by atomic mass is 35.5. The molecule has 0 atom stereocenters. The van der Waals surface area contributed by atoms with Crippen molar-refractivity contribution in [2.45, 2.75) is 11.3 Å². The zero-order valence-electron chi connectivity index (χ0n) is 16.6. The van der Waals surface area contributed by atoms with E-state index >= 15 is 0 Å². The molecule has 32 heavy (non-hydrogen) atoms. The van der Waals surface area contributed by atoms with Crippen molar-refractivity contribution < 1.29 is 27.1 Å². The van der Waals surface area contributed by atoms with Gasteiger partial charge in [-0.05, 0) is 54.6 Å². The molecular weight excluding hydrogens is 459 g/mol. The number of benzene rings is 3. The largest absolute Gasteiger partial charge is 0.490 e. The normalized spacial score (nSPS) is 13.2. The maximum absolute atomic E-state index is 13.2. The number of hydrogen-bond acceptors (Lipinski definition) is 5. The number of ether oxygens (including phenoxy) is 2. The number of carbonyl (C=O) groups is 1. The van der Waals surface area contributed by atoms with Gasteiger partial charge in [0.05, 0.1) is 28.7 Å². The quantitative estimate of drug-likeness (QED) is 0.557. The molecule has 0 spiro atoms. The Morgan fingerprint density at radius 1 is 0.906 bits per heavy atom. The molecule has 7 nitrogen and oxygen atoms in total. The highest BCUT2D eigenvalue weighted by molar-refractivity contribution is 7.92. The second-order valence-electron chi connectivity index (χ2n) is 6.92. The predicted octanol–water partition coefficient (Wildman–Crippen LogP) is 4.69. The van der Waals surface area contributed by atoms with Crippen molar-refractivity contribution >= 4 is 38.9 Å². The number of hydrogen-bond donors (Lipinski definition) is 2. The Kier molecular flexibility index (Phi) is 6.20. The molecule has 1 heterocycles. The molecule has 1 aliphatic rings. The lowest BCUT2D eigenvalue weighted by Crippen LogP contribution is -2.14. The number of amides is 1. The van der Waals surface area contributed by atoms with Crippen molar-refractivity contribution in [3.63, 3.8) is 0 Å². The number of rotatable bonds is 5. The fourth-order valence-electron chi connectivity index (χ4n) is 3.02. The monoisotopic (exact) mass is 476 g/mol. The number of carbonyl (C=O) groups excluding carboxylic acids is 1. The smallest absolute Gasteiger partial charge is 0.262 e. The zero-order valence-corrected chi connectivity index (χ0v) is 18.2. The Morgan fingerprint density at radius 2 is 1.59 bits per heavy atom. The first-order valence-corrected chi connectivity index (χ1v) is 11.5. The van der Waals surface area contributed by atoms with Crippen LogP contribution in [-0.2, 0) is 10.0 Å². The Labute approximate surface area is 189 Å². The first kappa shape index (κ1) is 21.9. The number of anilines is 2. The van der Waals surface area contributed by atoms with E-state index in [1.165, 1.54) is 42.5 Å². The Morgan fingerprint density at radius 3 is 2.31 bits per heavy atom. The molecule has 4 rings (SSSR count). The lowest BCUT2D eigenvalue weighted by Gasteiger charge is -2.12. The van der Waals surface area contributed by atoms with E-state index in [0.717, 1.165) is 12.1 Å². The van der Waals surface area contributed by atoms with E-state index in [1.54, 1.807) is 6.07 Å². The summed E-state index contributed by atoms with van der Waals surface area (Å²) in [6.07, 6.45) is 0.714. The van der Waals surface area contributed by atoms with Crippen molar-refractivity contribution in [2.75, 3.05) is 23.3 Å². The minimum absolute atomic E-state index is 0.0120. The first-order chi connectivity index (χ1) is 15.3. The van der Waals surface area contributed by atoms with Crippen molar-refractivity contribution in [1.82, 2.24) is 0 Å². The van der Waals surface area contributed by atoms with Gasteiger partial charge in [-0.3, -0.25) is 9.52 Å². The van der Waals surface area contributed by atoms with Crippen LogP contribution in [0.1, 0.15) is 16.8 Å². The summed E-state index contributed by atoms with van der Waals surface area (Å²) < 4.78 is 52.2. The van der Waals surface area contributed by atoms with Gasteiger partial charge < -0.3 is 14.8 Å². The lowest BCUT2D eigenvalue weighted by atomic mass is 10.2. The van der Waals surface area contributed by atoms with Crippen molar-refractivity contribution in [1.29, 1.82) is 0 Å². The first-order valence-electron chi connectivity index (χ1n) is 9.61. The predicted molar refractivity (Wildman–Crippen MR) is 119 cm³/mol. The highest BCUT2D eigenvalue weighted by Gasteiger charge is 2.19. The molecule has 0 bridgehead atoms.